The lowest BCUT2D eigenvalue weighted by atomic mass is 10.1. The third-order valence-electron chi connectivity index (χ3n) is 1.77. The first-order valence-electron chi connectivity index (χ1n) is 4.36. The topological polar surface area (TPSA) is 26.3 Å². The van der Waals surface area contributed by atoms with E-state index in [9.17, 15) is 4.79 Å². The van der Waals surface area contributed by atoms with Crippen LogP contribution in [0.4, 0.5) is 0 Å². The molecule has 2 heteroatoms. The largest absolute Gasteiger partial charge is 0.454 e. The van der Waals surface area contributed by atoms with Gasteiger partial charge in [-0.15, -0.1) is 0 Å². The molecule has 0 aliphatic rings. The van der Waals surface area contributed by atoms with E-state index >= 15 is 0 Å². The van der Waals surface area contributed by atoms with Crippen LogP contribution in [0, 0.1) is 6.92 Å². The summed E-state index contributed by atoms with van der Waals surface area (Å²) in [5, 5.41) is 0. The molecule has 1 atom stereocenters. The predicted octanol–water partition coefficient (Wildman–Crippen LogP) is 2.68. The Morgan fingerprint density at radius 2 is 1.93 bits per heavy atom. The van der Waals surface area contributed by atoms with Crippen LogP contribution in [-0.2, 0) is 9.53 Å². The van der Waals surface area contributed by atoms with Crippen LogP contribution in [0.25, 0.3) is 0 Å². The molecule has 1 aromatic carbocycles. The fraction of sp³-hybridized carbons (Fsp3) is 0.167. The van der Waals surface area contributed by atoms with Crippen LogP contribution in [0.1, 0.15) is 18.6 Å². The van der Waals surface area contributed by atoms with Gasteiger partial charge in [0.15, 0.2) is 0 Å². The highest BCUT2D eigenvalue weighted by Gasteiger charge is 2.11. The molecule has 1 rings (SSSR count). The van der Waals surface area contributed by atoms with Crippen LogP contribution in [0.2, 0.25) is 0 Å². The van der Waals surface area contributed by atoms with Gasteiger partial charge in [0.2, 0.25) is 0 Å². The van der Waals surface area contributed by atoms with Gasteiger partial charge >= 0.3 is 5.97 Å². The molecule has 14 heavy (non-hydrogen) atoms. The highest BCUT2D eigenvalue weighted by Crippen LogP contribution is 2.16. The van der Waals surface area contributed by atoms with E-state index in [1.807, 2.05) is 30.3 Å². The van der Waals surface area contributed by atoms with Crippen LogP contribution >= 0.6 is 0 Å². The molecule has 0 saturated carbocycles. The second kappa shape index (κ2) is 4.61. The van der Waals surface area contributed by atoms with Crippen molar-refractivity contribution in [2.45, 2.75) is 13.0 Å². The Balaban J connectivity index is 2.64. The summed E-state index contributed by atoms with van der Waals surface area (Å²) in [7, 11) is 0. The molecule has 1 aromatic rings. The van der Waals surface area contributed by atoms with Crippen LogP contribution in [-0.4, -0.2) is 5.97 Å². The van der Waals surface area contributed by atoms with Crippen molar-refractivity contribution >= 4 is 5.97 Å². The van der Waals surface area contributed by atoms with Crippen molar-refractivity contribution in [2.75, 3.05) is 0 Å². The van der Waals surface area contributed by atoms with Crippen molar-refractivity contribution in [1.29, 1.82) is 0 Å². The van der Waals surface area contributed by atoms with Crippen molar-refractivity contribution in [3.8, 4) is 0 Å². The predicted molar refractivity (Wildman–Crippen MR) is 55.4 cm³/mol. The molecule has 0 aliphatic heterocycles. The van der Waals surface area contributed by atoms with Gasteiger partial charge in [0.1, 0.15) is 6.10 Å². The maximum Gasteiger partial charge on any atom is 0.333 e. The van der Waals surface area contributed by atoms with Gasteiger partial charge in [0, 0.05) is 5.57 Å². The maximum atomic E-state index is 11.2. The summed E-state index contributed by atoms with van der Waals surface area (Å²) in [5.41, 5.74) is 1.26. The van der Waals surface area contributed by atoms with Gasteiger partial charge < -0.3 is 4.74 Å². The summed E-state index contributed by atoms with van der Waals surface area (Å²) >= 11 is 0. The molecule has 0 saturated heterocycles. The number of benzene rings is 1. The second-order valence-corrected chi connectivity index (χ2v) is 3.08. The Labute approximate surface area is 84.2 Å². The minimum absolute atomic E-state index is 0.384. The Bertz CT molecular complexity index is 327. The summed E-state index contributed by atoms with van der Waals surface area (Å²) in [5.74, 6) is -0.408. The Kier molecular flexibility index (Phi) is 3.46. The van der Waals surface area contributed by atoms with Gasteiger partial charge in [-0.2, -0.15) is 0 Å². The number of carbonyl (C=O) groups excluding carboxylic acids is 1. The van der Waals surface area contributed by atoms with Crippen molar-refractivity contribution in [2.24, 2.45) is 0 Å². The summed E-state index contributed by atoms with van der Waals surface area (Å²) in [6.45, 7) is 8.86. The van der Waals surface area contributed by atoms with Gasteiger partial charge in [0.25, 0.3) is 0 Å². The molecule has 0 aromatic heterocycles. The highest BCUT2D eigenvalue weighted by atomic mass is 16.5. The zero-order valence-corrected chi connectivity index (χ0v) is 8.19. The van der Waals surface area contributed by atoms with E-state index in [2.05, 4.69) is 13.5 Å². The first kappa shape index (κ1) is 10.5. The van der Waals surface area contributed by atoms with Gasteiger partial charge in [-0.3, -0.25) is 0 Å². The molecule has 0 fully saturated rings. The quantitative estimate of drug-likeness (QED) is 0.539. The van der Waals surface area contributed by atoms with E-state index in [1.165, 1.54) is 0 Å². The summed E-state index contributed by atoms with van der Waals surface area (Å²) in [6, 6.07) is 9.38. The number of esters is 1. The van der Waals surface area contributed by atoms with Crippen LogP contribution in [0.3, 0.4) is 0 Å². The van der Waals surface area contributed by atoms with E-state index < -0.39 is 12.1 Å². The first-order chi connectivity index (χ1) is 6.61. The highest BCUT2D eigenvalue weighted by molar-refractivity contribution is 5.87. The summed E-state index contributed by atoms with van der Waals surface area (Å²) in [6.07, 6.45) is -0.472. The Hall–Kier alpha value is -1.57. The minimum Gasteiger partial charge on any atom is -0.454 e. The number of hydrogen-bond donors (Lipinski definition) is 0. The van der Waals surface area contributed by atoms with E-state index in [0.717, 1.165) is 5.56 Å². The third kappa shape index (κ3) is 2.73. The van der Waals surface area contributed by atoms with Crippen molar-refractivity contribution < 1.29 is 9.53 Å². The lowest BCUT2D eigenvalue weighted by Crippen LogP contribution is -2.09. The van der Waals surface area contributed by atoms with E-state index in [1.54, 1.807) is 6.92 Å². The van der Waals surface area contributed by atoms with Gasteiger partial charge in [-0.1, -0.05) is 36.9 Å². The number of carbonyl (C=O) groups is 1. The SMILES string of the molecule is [CH2]C(OC(=O)C(=C)C)c1ccccc1. The van der Waals surface area contributed by atoms with Crippen LogP contribution < -0.4 is 0 Å². The summed E-state index contributed by atoms with van der Waals surface area (Å²) < 4.78 is 5.05. The molecule has 73 valence electrons. The number of ether oxygens (including phenoxy) is 1. The fourth-order valence-corrected chi connectivity index (χ4v) is 0.966. The van der Waals surface area contributed by atoms with E-state index in [-0.39, 0.29) is 0 Å². The van der Waals surface area contributed by atoms with Crippen molar-refractivity contribution in [1.82, 2.24) is 0 Å². The van der Waals surface area contributed by atoms with Crippen molar-refractivity contribution in [3.05, 3.63) is 55.0 Å². The molecule has 0 N–H and O–H groups in total. The smallest absolute Gasteiger partial charge is 0.333 e. The molecule has 0 bridgehead atoms. The molecule has 0 amide bonds. The molecule has 2 nitrogen and oxygen atoms in total. The second-order valence-electron chi connectivity index (χ2n) is 3.08. The van der Waals surface area contributed by atoms with E-state index in [4.69, 9.17) is 4.74 Å². The molecule has 1 unspecified atom stereocenters. The maximum absolute atomic E-state index is 11.2. The lowest BCUT2D eigenvalue weighted by molar-refractivity contribution is -0.142. The lowest BCUT2D eigenvalue weighted by Gasteiger charge is -2.12. The molecule has 0 spiro atoms. The normalized spacial score (nSPS) is 11.9. The van der Waals surface area contributed by atoms with E-state index in [0.29, 0.717) is 5.57 Å². The van der Waals surface area contributed by atoms with Gasteiger partial charge in [-0.05, 0) is 19.4 Å². The minimum atomic E-state index is -0.472. The molecular weight excluding hydrogens is 176 g/mol. The molecule has 1 radical (unpaired) electrons. The third-order valence-corrected chi connectivity index (χ3v) is 1.77. The van der Waals surface area contributed by atoms with Crippen LogP contribution in [0.15, 0.2) is 42.5 Å². The Morgan fingerprint density at radius 1 is 1.36 bits per heavy atom. The first-order valence-corrected chi connectivity index (χ1v) is 4.36. The number of rotatable bonds is 3. The molecule has 0 heterocycles. The average Bonchev–Trinajstić information content (AvgIpc) is 2.19. The van der Waals surface area contributed by atoms with Gasteiger partial charge in [0.05, 0.1) is 0 Å². The van der Waals surface area contributed by atoms with Crippen molar-refractivity contribution in [3.63, 3.8) is 0 Å². The zero-order chi connectivity index (χ0) is 10.6. The molecular formula is C12H13O2. The number of hydrogen-bond acceptors (Lipinski definition) is 2. The van der Waals surface area contributed by atoms with Gasteiger partial charge in [-0.25, -0.2) is 4.79 Å². The summed E-state index contributed by atoms with van der Waals surface area (Å²) in [4.78, 5) is 11.2. The monoisotopic (exact) mass is 189 g/mol. The van der Waals surface area contributed by atoms with Crippen LogP contribution in [0.5, 0.6) is 0 Å². The standard InChI is InChI=1S/C12H13O2/c1-9(2)12(13)14-10(3)11-7-5-4-6-8-11/h4-8,10H,1,3H2,2H3. The fourth-order valence-electron chi connectivity index (χ4n) is 0.966. The zero-order valence-electron chi connectivity index (χ0n) is 8.19. The molecule has 0 aliphatic carbocycles. The average molecular weight is 189 g/mol. The Morgan fingerprint density at radius 3 is 2.43 bits per heavy atom.